The first-order valence-electron chi connectivity index (χ1n) is 6.85. The van der Waals surface area contributed by atoms with Crippen LogP contribution in [-0.2, 0) is 14.8 Å². The number of hydrogen-bond acceptors (Lipinski definition) is 3. The van der Waals surface area contributed by atoms with Crippen LogP contribution in [0.25, 0.3) is 0 Å². The van der Waals surface area contributed by atoms with E-state index >= 15 is 0 Å². The molecule has 0 heterocycles. The third kappa shape index (κ3) is 9.55. The second kappa shape index (κ2) is 9.57. The van der Waals surface area contributed by atoms with Crippen molar-refractivity contribution in [3.63, 3.8) is 0 Å². The maximum atomic E-state index is 12.0. The van der Waals surface area contributed by atoms with Crippen LogP contribution in [0.4, 0.5) is 13.2 Å². The summed E-state index contributed by atoms with van der Waals surface area (Å²) in [4.78, 5) is 0. The van der Waals surface area contributed by atoms with Gasteiger partial charge in [-0.25, -0.2) is 12.7 Å². The Kier molecular flexibility index (Phi) is 9.41. The molecule has 0 aromatic rings. The number of halogens is 3. The molecule has 0 aliphatic heterocycles. The van der Waals surface area contributed by atoms with E-state index in [2.05, 4.69) is 4.74 Å². The zero-order chi connectivity index (χ0) is 15.6. The maximum absolute atomic E-state index is 12.0. The van der Waals surface area contributed by atoms with Crippen molar-refractivity contribution < 1.29 is 26.3 Å². The van der Waals surface area contributed by atoms with Gasteiger partial charge in [-0.15, -0.1) is 0 Å². The Balaban J connectivity index is 4.31. The molecule has 0 saturated carbocycles. The Morgan fingerprint density at radius 3 is 1.95 bits per heavy atom. The minimum atomic E-state index is -4.42. The topological polar surface area (TPSA) is 46.6 Å². The summed E-state index contributed by atoms with van der Waals surface area (Å²) in [6.45, 7) is 2.90. The Morgan fingerprint density at radius 1 is 1.05 bits per heavy atom. The molecule has 0 spiro atoms. The molecule has 122 valence electrons. The van der Waals surface area contributed by atoms with Crippen LogP contribution in [0.3, 0.4) is 0 Å². The van der Waals surface area contributed by atoms with E-state index in [4.69, 9.17) is 0 Å². The van der Waals surface area contributed by atoms with E-state index in [0.717, 1.165) is 25.7 Å². The van der Waals surface area contributed by atoms with Crippen LogP contribution >= 0.6 is 0 Å². The quantitative estimate of drug-likeness (QED) is 0.550. The molecule has 8 heteroatoms. The standard InChI is InChI=1S/C12H24F3NO3S/c1-3-5-7-16(8-6-4-2)20(17,18)10-9-19-11-12(13,14)15/h3-11H2,1-2H3. The molecule has 0 N–H and O–H groups in total. The number of alkyl halides is 3. The number of hydrogen-bond donors (Lipinski definition) is 0. The van der Waals surface area contributed by atoms with Gasteiger partial charge in [-0.1, -0.05) is 26.7 Å². The lowest BCUT2D eigenvalue weighted by molar-refractivity contribution is -0.172. The van der Waals surface area contributed by atoms with Crippen molar-refractivity contribution in [3.8, 4) is 0 Å². The number of sulfonamides is 1. The van der Waals surface area contributed by atoms with E-state index in [1.54, 1.807) is 0 Å². The van der Waals surface area contributed by atoms with Gasteiger partial charge in [0, 0.05) is 13.1 Å². The molecule has 0 unspecified atom stereocenters. The summed E-state index contributed by atoms with van der Waals surface area (Å²) >= 11 is 0. The molecule has 0 bridgehead atoms. The molecule has 0 aromatic heterocycles. The van der Waals surface area contributed by atoms with E-state index < -0.39 is 35.2 Å². The molecule has 20 heavy (non-hydrogen) atoms. The first kappa shape index (κ1) is 19.7. The van der Waals surface area contributed by atoms with E-state index in [-0.39, 0.29) is 0 Å². The third-order valence-electron chi connectivity index (χ3n) is 2.67. The van der Waals surface area contributed by atoms with E-state index in [1.807, 2.05) is 13.8 Å². The van der Waals surface area contributed by atoms with Gasteiger partial charge in [-0.05, 0) is 12.8 Å². The summed E-state index contributed by atoms with van der Waals surface area (Å²) in [6, 6.07) is 0. The van der Waals surface area contributed by atoms with Crippen LogP contribution in [0.2, 0.25) is 0 Å². The van der Waals surface area contributed by atoms with Gasteiger partial charge in [0.15, 0.2) is 0 Å². The van der Waals surface area contributed by atoms with Gasteiger partial charge in [0.2, 0.25) is 10.0 Å². The normalized spacial score (nSPS) is 13.1. The molecular formula is C12H24F3NO3S. The lowest BCUT2D eigenvalue weighted by Crippen LogP contribution is -2.36. The number of nitrogens with zero attached hydrogens (tertiary/aromatic N) is 1. The third-order valence-corrected chi connectivity index (χ3v) is 4.50. The number of rotatable bonds is 11. The monoisotopic (exact) mass is 319 g/mol. The minimum absolute atomic E-state index is 0.406. The highest BCUT2D eigenvalue weighted by Crippen LogP contribution is 2.14. The van der Waals surface area contributed by atoms with Crippen molar-refractivity contribution in [1.82, 2.24) is 4.31 Å². The minimum Gasteiger partial charge on any atom is -0.371 e. The second-order valence-corrected chi connectivity index (χ2v) is 6.68. The number of unbranched alkanes of at least 4 members (excludes halogenated alkanes) is 2. The highest BCUT2D eigenvalue weighted by Gasteiger charge is 2.28. The summed E-state index contributed by atoms with van der Waals surface area (Å²) in [5, 5.41) is 0. The van der Waals surface area contributed by atoms with E-state index in [1.165, 1.54) is 4.31 Å². The van der Waals surface area contributed by atoms with Crippen LogP contribution in [0.5, 0.6) is 0 Å². The average Bonchev–Trinajstić information content (AvgIpc) is 2.33. The predicted molar refractivity (Wildman–Crippen MR) is 72.0 cm³/mol. The summed E-state index contributed by atoms with van der Waals surface area (Å²) < 4.78 is 65.4. The van der Waals surface area contributed by atoms with E-state index in [0.29, 0.717) is 13.1 Å². The maximum Gasteiger partial charge on any atom is 0.411 e. The molecule has 0 amide bonds. The second-order valence-electron chi connectivity index (χ2n) is 4.59. The van der Waals surface area contributed by atoms with Crippen molar-refractivity contribution in [3.05, 3.63) is 0 Å². The van der Waals surface area contributed by atoms with Gasteiger partial charge in [0.05, 0.1) is 12.4 Å². The zero-order valence-electron chi connectivity index (χ0n) is 12.1. The molecule has 0 aliphatic rings. The van der Waals surface area contributed by atoms with Gasteiger partial charge >= 0.3 is 6.18 Å². The zero-order valence-corrected chi connectivity index (χ0v) is 12.9. The van der Waals surface area contributed by atoms with Gasteiger partial charge in [0.1, 0.15) is 6.61 Å². The molecule has 0 aromatic carbocycles. The Labute approximate surface area is 119 Å². The van der Waals surface area contributed by atoms with Gasteiger partial charge in [-0.3, -0.25) is 0 Å². The lowest BCUT2D eigenvalue weighted by Gasteiger charge is -2.21. The van der Waals surface area contributed by atoms with Crippen molar-refractivity contribution in [1.29, 1.82) is 0 Å². The molecule has 0 rings (SSSR count). The molecule has 0 saturated heterocycles. The lowest BCUT2D eigenvalue weighted by atomic mass is 10.3. The Morgan fingerprint density at radius 2 is 1.55 bits per heavy atom. The fourth-order valence-corrected chi connectivity index (χ4v) is 2.94. The van der Waals surface area contributed by atoms with Crippen molar-refractivity contribution in [2.75, 3.05) is 32.1 Å². The molecule has 0 fully saturated rings. The summed E-state index contributed by atoms with van der Waals surface area (Å²) in [7, 11) is -3.54. The SMILES string of the molecule is CCCCN(CCCC)S(=O)(=O)CCOCC(F)(F)F. The highest BCUT2D eigenvalue weighted by atomic mass is 32.2. The average molecular weight is 319 g/mol. The van der Waals surface area contributed by atoms with Crippen LogP contribution in [0.1, 0.15) is 39.5 Å². The molecule has 4 nitrogen and oxygen atoms in total. The molecule has 0 atom stereocenters. The molecule has 0 aliphatic carbocycles. The summed E-state index contributed by atoms with van der Waals surface area (Å²) in [5.74, 6) is -0.406. The predicted octanol–water partition coefficient (Wildman–Crippen LogP) is 2.80. The summed E-state index contributed by atoms with van der Waals surface area (Å²) in [5.41, 5.74) is 0. The largest absolute Gasteiger partial charge is 0.411 e. The first-order chi connectivity index (χ1) is 9.23. The van der Waals surface area contributed by atoms with Crippen molar-refractivity contribution in [2.24, 2.45) is 0 Å². The van der Waals surface area contributed by atoms with Crippen LogP contribution in [0.15, 0.2) is 0 Å². The van der Waals surface area contributed by atoms with Gasteiger partial charge in [-0.2, -0.15) is 13.2 Å². The van der Waals surface area contributed by atoms with Gasteiger partial charge < -0.3 is 4.74 Å². The first-order valence-corrected chi connectivity index (χ1v) is 8.46. The molecule has 0 radical (unpaired) electrons. The Bertz CT molecular complexity index is 336. The molecular weight excluding hydrogens is 295 g/mol. The summed E-state index contributed by atoms with van der Waals surface area (Å²) in [6.07, 6.45) is -1.21. The van der Waals surface area contributed by atoms with Gasteiger partial charge in [0.25, 0.3) is 0 Å². The van der Waals surface area contributed by atoms with Crippen LogP contribution in [0, 0.1) is 0 Å². The van der Waals surface area contributed by atoms with Crippen LogP contribution in [-0.4, -0.2) is 51.0 Å². The smallest absolute Gasteiger partial charge is 0.371 e. The fourth-order valence-electron chi connectivity index (χ4n) is 1.54. The van der Waals surface area contributed by atoms with Crippen LogP contribution < -0.4 is 0 Å². The number of ether oxygens (including phenoxy) is 1. The van der Waals surface area contributed by atoms with Crippen molar-refractivity contribution in [2.45, 2.75) is 45.7 Å². The van der Waals surface area contributed by atoms with Crippen molar-refractivity contribution >= 4 is 10.0 Å². The highest BCUT2D eigenvalue weighted by molar-refractivity contribution is 7.89. The Hall–Kier alpha value is -0.340. The van der Waals surface area contributed by atoms with E-state index in [9.17, 15) is 21.6 Å². The fraction of sp³-hybridized carbons (Fsp3) is 1.00.